The molecule has 37 heavy (non-hydrogen) atoms. The number of sulfonamides is 1. The van der Waals surface area contributed by atoms with E-state index in [0.717, 1.165) is 11.1 Å². The minimum Gasteiger partial charge on any atom is -0.459 e. The lowest BCUT2D eigenvalue weighted by Gasteiger charge is -2.40. The fraction of sp³-hybridized carbons (Fsp3) is 0.333. The number of anilines is 2. The summed E-state index contributed by atoms with van der Waals surface area (Å²) >= 11 is 0. The van der Waals surface area contributed by atoms with E-state index in [0.29, 0.717) is 44.1 Å². The summed E-state index contributed by atoms with van der Waals surface area (Å²) < 4.78 is 33.1. The zero-order valence-electron chi connectivity index (χ0n) is 21.1. The molecule has 194 valence electrons. The number of likely N-dealkylation sites (N-methyl/N-ethyl adjacent to an activating group) is 1. The first-order valence-electron chi connectivity index (χ1n) is 12.2. The first kappa shape index (κ1) is 25.2. The van der Waals surface area contributed by atoms with Gasteiger partial charge in [-0.05, 0) is 61.5 Å². The largest absolute Gasteiger partial charge is 0.459 e. The van der Waals surface area contributed by atoms with Gasteiger partial charge < -0.3 is 19.1 Å². The van der Waals surface area contributed by atoms with E-state index < -0.39 is 10.0 Å². The Bertz CT molecular complexity index is 1410. The molecule has 0 radical (unpaired) electrons. The van der Waals surface area contributed by atoms with Crippen LogP contribution in [0.25, 0.3) is 11.1 Å². The van der Waals surface area contributed by atoms with Crippen LogP contribution in [0.15, 0.2) is 70.2 Å². The third-order valence-electron chi connectivity index (χ3n) is 7.02. The molecule has 1 aromatic heterocycles. The van der Waals surface area contributed by atoms with Gasteiger partial charge in [0, 0.05) is 39.6 Å². The Kier molecular flexibility index (Phi) is 6.65. The number of fused-ring (bicyclic) bond motifs is 1. The molecule has 0 spiro atoms. The monoisotopic (exact) mass is 522 g/mol. The molecule has 0 saturated carbocycles. The van der Waals surface area contributed by atoms with Gasteiger partial charge in [0.1, 0.15) is 0 Å². The first-order valence-corrected chi connectivity index (χ1v) is 13.7. The van der Waals surface area contributed by atoms with E-state index in [1.54, 1.807) is 46.2 Å². The lowest BCUT2D eigenvalue weighted by Crippen LogP contribution is -2.51. The van der Waals surface area contributed by atoms with Crippen LogP contribution >= 0.6 is 0 Å². The van der Waals surface area contributed by atoms with Gasteiger partial charge in [-0.15, -0.1) is 0 Å². The summed E-state index contributed by atoms with van der Waals surface area (Å²) in [5, 5.41) is 0. The second kappa shape index (κ2) is 9.77. The van der Waals surface area contributed by atoms with E-state index in [4.69, 9.17) is 4.42 Å². The van der Waals surface area contributed by atoms with Gasteiger partial charge >= 0.3 is 0 Å². The van der Waals surface area contributed by atoms with Crippen LogP contribution in [0.5, 0.6) is 0 Å². The summed E-state index contributed by atoms with van der Waals surface area (Å²) in [6, 6.07) is 15.4. The normalized spacial score (nSPS) is 19.1. The molecule has 1 fully saturated rings. The van der Waals surface area contributed by atoms with Crippen LogP contribution < -0.4 is 9.80 Å². The Labute approximate surface area is 216 Å². The van der Waals surface area contributed by atoms with Crippen LogP contribution in [0.4, 0.5) is 11.4 Å². The second-order valence-electron chi connectivity index (χ2n) is 9.57. The highest BCUT2D eigenvalue weighted by Gasteiger charge is 2.35. The van der Waals surface area contributed by atoms with E-state index in [1.165, 1.54) is 17.5 Å². The van der Waals surface area contributed by atoms with E-state index in [9.17, 15) is 18.0 Å². The van der Waals surface area contributed by atoms with Gasteiger partial charge in [-0.25, -0.2) is 8.42 Å². The molecular weight excluding hydrogens is 492 g/mol. The molecule has 2 aliphatic heterocycles. The Balaban J connectivity index is 1.49. The highest BCUT2D eigenvalue weighted by molar-refractivity contribution is 7.89. The van der Waals surface area contributed by atoms with Crippen molar-refractivity contribution in [3.63, 3.8) is 0 Å². The zero-order valence-corrected chi connectivity index (χ0v) is 21.9. The van der Waals surface area contributed by atoms with E-state index >= 15 is 0 Å². The minimum atomic E-state index is -3.57. The quantitative estimate of drug-likeness (QED) is 0.522. The Hall–Kier alpha value is -3.47. The number of hydrogen-bond donors (Lipinski definition) is 0. The summed E-state index contributed by atoms with van der Waals surface area (Å²) in [4.78, 5) is 31.4. The molecule has 5 rings (SSSR count). The van der Waals surface area contributed by atoms with Gasteiger partial charge in [-0.1, -0.05) is 18.2 Å². The highest BCUT2D eigenvalue weighted by Crippen LogP contribution is 2.39. The lowest BCUT2D eigenvalue weighted by molar-refractivity contribution is -0.117. The SMILES string of the molecule is CC(=O)N1c2ccc(-c3ccc(S(=O)(=O)N4CCN(C)CC4)cc3)cc2N(C(=O)c2ccco2)CC1C. The van der Waals surface area contributed by atoms with Crippen molar-refractivity contribution >= 4 is 33.2 Å². The summed E-state index contributed by atoms with van der Waals surface area (Å²) in [5.74, 6) is -0.171. The fourth-order valence-electron chi connectivity index (χ4n) is 5.01. The molecule has 2 aromatic carbocycles. The molecule has 9 nitrogen and oxygen atoms in total. The van der Waals surface area contributed by atoms with Crippen molar-refractivity contribution in [1.29, 1.82) is 0 Å². The van der Waals surface area contributed by atoms with Gasteiger partial charge in [0.15, 0.2) is 5.76 Å². The lowest BCUT2D eigenvalue weighted by atomic mass is 10.0. The number of hydrogen-bond acceptors (Lipinski definition) is 6. The molecule has 1 unspecified atom stereocenters. The molecule has 2 aliphatic rings. The maximum Gasteiger partial charge on any atom is 0.294 e. The van der Waals surface area contributed by atoms with Crippen LogP contribution in [0, 0.1) is 0 Å². The average Bonchev–Trinajstić information content (AvgIpc) is 3.43. The Morgan fingerprint density at radius 3 is 2.22 bits per heavy atom. The second-order valence-corrected chi connectivity index (χ2v) is 11.5. The van der Waals surface area contributed by atoms with E-state index in [-0.39, 0.29) is 28.5 Å². The molecule has 10 heteroatoms. The number of nitrogens with zero attached hydrogens (tertiary/aromatic N) is 4. The maximum atomic E-state index is 13.3. The van der Waals surface area contributed by atoms with Crippen molar-refractivity contribution in [1.82, 2.24) is 9.21 Å². The Morgan fingerprint density at radius 2 is 1.59 bits per heavy atom. The van der Waals surface area contributed by atoms with Crippen LogP contribution in [0.3, 0.4) is 0 Å². The first-order chi connectivity index (χ1) is 17.7. The van der Waals surface area contributed by atoms with Gasteiger partial charge in [0.05, 0.1) is 28.6 Å². The van der Waals surface area contributed by atoms with Gasteiger partial charge in [0.25, 0.3) is 5.91 Å². The summed E-state index contributed by atoms with van der Waals surface area (Å²) in [7, 11) is -1.58. The number of rotatable bonds is 4. The summed E-state index contributed by atoms with van der Waals surface area (Å²) in [6.45, 7) is 6.08. The van der Waals surface area contributed by atoms with E-state index in [1.807, 2.05) is 32.2 Å². The molecule has 0 N–H and O–H groups in total. The fourth-order valence-corrected chi connectivity index (χ4v) is 6.43. The molecule has 0 bridgehead atoms. The number of piperazine rings is 1. The molecule has 0 aliphatic carbocycles. The van der Waals surface area contributed by atoms with Crippen molar-refractivity contribution in [2.45, 2.75) is 24.8 Å². The number of carbonyl (C=O) groups is 2. The molecule has 3 heterocycles. The van der Waals surface area contributed by atoms with Crippen molar-refractivity contribution in [3.8, 4) is 11.1 Å². The number of carbonyl (C=O) groups excluding carboxylic acids is 2. The minimum absolute atomic E-state index is 0.106. The van der Waals surface area contributed by atoms with Crippen molar-refractivity contribution in [2.75, 3.05) is 49.6 Å². The zero-order chi connectivity index (χ0) is 26.3. The predicted octanol–water partition coefficient (Wildman–Crippen LogP) is 3.28. The van der Waals surface area contributed by atoms with Gasteiger partial charge in [-0.2, -0.15) is 4.31 Å². The summed E-state index contributed by atoms with van der Waals surface area (Å²) in [5.41, 5.74) is 2.85. The number of furan rings is 1. The van der Waals surface area contributed by atoms with Crippen LogP contribution in [0.1, 0.15) is 24.4 Å². The van der Waals surface area contributed by atoms with Crippen LogP contribution in [-0.4, -0.2) is 75.3 Å². The van der Waals surface area contributed by atoms with Crippen molar-refractivity contribution in [2.24, 2.45) is 0 Å². The van der Waals surface area contributed by atoms with Crippen LogP contribution in [0.2, 0.25) is 0 Å². The van der Waals surface area contributed by atoms with Gasteiger partial charge in [-0.3, -0.25) is 9.59 Å². The number of benzene rings is 2. The smallest absolute Gasteiger partial charge is 0.294 e. The van der Waals surface area contributed by atoms with Crippen LogP contribution in [-0.2, 0) is 14.8 Å². The molecule has 2 amide bonds. The van der Waals surface area contributed by atoms with Crippen molar-refractivity contribution in [3.05, 3.63) is 66.6 Å². The molecular formula is C27H30N4O5S. The molecule has 1 atom stereocenters. The third-order valence-corrected chi connectivity index (χ3v) is 8.93. The van der Waals surface area contributed by atoms with Gasteiger partial charge in [0.2, 0.25) is 15.9 Å². The highest BCUT2D eigenvalue weighted by atomic mass is 32.2. The average molecular weight is 523 g/mol. The molecule has 3 aromatic rings. The maximum absolute atomic E-state index is 13.3. The Morgan fingerprint density at radius 1 is 0.919 bits per heavy atom. The summed E-state index contributed by atoms with van der Waals surface area (Å²) in [6.07, 6.45) is 1.46. The topological polar surface area (TPSA) is 94.4 Å². The van der Waals surface area contributed by atoms with E-state index in [2.05, 4.69) is 4.90 Å². The predicted molar refractivity (Wildman–Crippen MR) is 141 cm³/mol. The molecule has 1 saturated heterocycles. The standard InChI is InChI=1S/C27H30N4O5S/c1-19-18-30(27(33)26-5-4-16-36-26)25-17-22(8-11-24(25)31(19)20(2)32)21-6-9-23(10-7-21)37(34,35)29-14-12-28(3)13-15-29/h4-11,16-17,19H,12-15,18H2,1-3H3. The number of amides is 2. The van der Waals surface area contributed by atoms with Crippen molar-refractivity contribution < 1.29 is 22.4 Å². The third kappa shape index (κ3) is 4.68.